The van der Waals surface area contributed by atoms with Crippen molar-refractivity contribution in [3.05, 3.63) is 23.8 Å². The van der Waals surface area contributed by atoms with Gasteiger partial charge in [0.2, 0.25) is 10.0 Å². The molecule has 0 aromatic heterocycles. The first-order valence-corrected chi connectivity index (χ1v) is 11.5. The van der Waals surface area contributed by atoms with Gasteiger partial charge in [0.15, 0.2) is 6.61 Å². The first-order valence-electron chi connectivity index (χ1n) is 10.0. The van der Waals surface area contributed by atoms with E-state index in [0.29, 0.717) is 19.6 Å². The average Bonchev–Trinajstić information content (AvgIpc) is 3.02. The van der Waals surface area contributed by atoms with E-state index in [2.05, 4.69) is 5.32 Å². The first kappa shape index (κ1) is 23.2. The zero-order valence-electron chi connectivity index (χ0n) is 17.1. The highest BCUT2D eigenvalue weighted by Crippen LogP contribution is 2.29. The maximum atomic E-state index is 13.1. The van der Waals surface area contributed by atoms with Crippen LogP contribution in [0.1, 0.15) is 55.8 Å². The number of benzene rings is 1. The zero-order valence-corrected chi connectivity index (χ0v) is 17.9. The van der Waals surface area contributed by atoms with Crippen molar-refractivity contribution in [1.82, 2.24) is 9.62 Å². The van der Waals surface area contributed by atoms with E-state index in [9.17, 15) is 18.0 Å². The van der Waals surface area contributed by atoms with Crippen LogP contribution in [-0.4, -0.2) is 58.0 Å². The minimum Gasteiger partial charge on any atom is -0.495 e. The lowest BCUT2D eigenvalue weighted by Gasteiger charge is -2.21. The summed E-state index contributed by atoms with van der Waals surface area (Å²) in [6.07, 6.45) is 5.38. The molecule has 9 heteroatoms. The van der Waals surface area contributed by atoms with E-state index >= 15 is 0 Å². The second kappa shape index (κ2) is 11.2. The minimum atomic E-state index is -3.81. The Morgan fingerprint density at radius 2 is 1.83 bits per heavy atom. The van der Waals surface area contributed by atoms with Crippen LogP contribution in [-0.2, 0) is 19.6 Å². The molecule has 1 heterocycles. The molecule has 0 saturated carbocycles. The van der Waals surface area contributed by atoms with Gasteiger partial charge in [-0.25, -0.2) is 13.2 Å². The van der Waals surface area contributed by atoms with Gasteiger partial charge in [0.1, 0.15) is 10.6 Å². The van der Waals surface area contributed by atoms with Gasteiger partial charge in [-0.1, -0.05) is 26.2 Å². The molecule has 1 aromatic carbocycles. The third-order valence-electron chi connectivity index (χ3n) is 4.77. The molecule has 162 valence electrons. The van der Waals surface area contributed by atoms with Crippen LogP contribution in [0.3, 0.4) is 0 Å². The van der Waals surface area contributed by atoms with Gasteiger partial charge in [-0.2, -0.15) is 4.31 Å². The summed E-state index contributed by atoms with van der Waals surface area (Å²) in [5.74, 6) is -0.980. The summed E-state index contributed by atoms with van der Waals surface area (Å²) in [4.78, 5) is 24.0. The maximum Gasteiger partial charge on any atom is 0.338 e. The highest BCUT2D eigenvalue weighted by atomic mass is 32.2. The van der Waals surface area contributed by atoms with Crippen molar-refractivity contribution in [2.75, 3.05) is 33.4 Å². The summed E-state index contributed by atoms with van der Waals surface area (Å²) >= 11 is 0. The number of nitrogens with zero attached hydrogens (tertiary/aromatic N) is 1. The van der Waals surface area contributed by atoms with Gasteiger partial charge in [-0.05, 0) is 37.5 Å². The van der Waals surface area contributed by atoms with E-state index in [1.165, 1.54) is 29.6 Å². The largest absolute Gasteiger partial charge is 0.495 e. The maximum absolute atomic E-state index is 13.1. The van der Waals surface area contributed by atoms with Gasteiger partial charge in [0, 0.05) is 19.6 Å². The summed E-state index contributed by atoms with van der Waals surface area (Å²) < 4.78 is 38.0. The Morgan fingerprint density at radius 3 is 2.45 bits per heavy atom. The van der Waals surface area contributed by atoms with Crippen LogP contribution >= 0.6 is 0 Å². The Hall–Kier alpha value is -2.13. The van der Waals surface area contributed by atoms with Gasteiger partial charge in [-0.15, -0.1) is 0 Å². The van der Waals surface area contributed by atoms with Crippen LogP contribution in [0.4, 0.5) is 0 Å². The van der Waals surface area contributed by atoms with Crippen molar-refractivity contribution in [3.8, 4) is 5.75 Å². The Balaban J connectivity index is 2.15. The molecular formula is C20H30N2O6S. The van der Waals surface area contributed by atoms with E-state index in [1.807, 2.05) is 6.92 Å². The highest BCUT2D eigenvalue weighted by molar-refractivity contribution is 7.89. The number of ether oxygens (including phenoxy) is 2. The second-order valence-corrected chi connectivity index (χ2v) is 8.87. The Bertz CT molecular complexity index is 801. The molecule has 0 aliphatic carbocycles. The second-order valence-electron chi connectivity index (χ2n) is 6.96. The monoisotopic (exact) mass is 426 g/mol. The molecule has 0 radical (unpaired) electrons. The molecule has 1 aromatic rings. The Labute approximate surface area is 172 Å². The number of amides is 1. The molecule has 0 spiro atoms. The topological polar surface area (TPSA) is 102 Å². The Kier molecular flexibility index (Phi) is 8.91. The lowest BCUT2D eigenvalue weighted by Crippen LogP contribution is -2.32. The van der Waals surface area contributed by atoms with E-state index in [4.69, 9.17) is 9.47 Å². The number of unbranched alkanes of at least 4 members (excludes halogenated alkanes) is 1. The van der Waals surface area contributed by atoms with Crippen LogP contribution < -0.4 is 10.1 Å². The summed E-state index contributed by atoms with van der Waals surface area (Å²) in [5.41, 5.74) is 0.0561. The van der Waals surface area contributed by atoms with Crippen LogP contribution in [0, 0.1) is 0 Å². The third kappa shape index (κ3) is 6.43. The standard InChI is InChI=1S/C20H30N2O6S/c1-3-4-11-21-19(23)15-28-20(24)16-9-10-17(27-2)18(14-16)29(25,26)22-12-7-5-6-8-13-22/h9-10,14H,3-8,11-13,15H2,1-2H3,(H,21,23). The van der Waals surface area contributed by atoms with Gasteiger partial charge in [0.25, 0.3) is 5.91 Å². The SMILES string of the molecule is CCCCNC(=O)COC(=O)c1ccc(OC)c(S(=O)(=O)N2CCCCCC2)c1. The summed E-state index contributed by atoms with van der Waals surface area (Å²) in [5, 5.41) is 2.65. The summed E-state index contributed by atoms with van der Waals surface area (Å²) in [7, 11) is -2.42. The van der Waals surface area contributed by atoms with Crippen molar-refractivity contribution >= 4 is 21.9 Å². The number of carbonyl (C=O) groups excluding carboxylic acids is 2. The quantitative estimate of drug-likeness (QED) is 0.480. The van der Waals surface area contributed by atoms with Gasteiger partial charge >= 0.3 is 5.97 Å². The number of methoxy groups -OCH3 is 1. The summed E-state index contributed by atoms with van der Waals surface area (Å²) in [6, 6.07) is 4.12. The molecule has 0 unspecified atom stereocenters. The minimum absolute atomic E-state index is 0.0561. The predicted molar refractivity (Wildman–Crippen MR) is 108 cm³/mol. The molecular weight excluding hydrogens is 396 g/mol. The molecule has 0 atom stereocenters. The van der Waals surface area contributed by atoms with Crippen molar-refractivity contribution < 1.29 is 27.5 Å². The number of carbonyl (C=O) groups is 2. The number of hydrogen-bond acceptors (Lipinski definition) is 6. The van der Waals surface area contributed by atoms with Crippen molar-refractivity contribution in [2.45, 2.75) is 50.3 Å². The van der Waals surface area contributed by atoms with E-state index in [1.54, 1.807) is 0 Å². The average molecular weight is 427 g/mol. The zero-order chi connectivity index (χ0) is 21.3. The Morgan fingerprint density at radius 1 is 1.14 bits per heavy atom. The number of hydrogen-bond donors (Lipinski definition) is 1. The fourth-order valence-electron chi connectivity index (χ4n) is 3.10. The smallest absolute Gasteiger partial charge is 0.338 e. The molecule has 1 saturated heterocycles. The van der Waals surface area contributed by atoms with Crippen LogP contribution in [0.25, 0.3) is 0 Å². The number of esters is 1. The summed E-state index contributed by atoms with van der Waals surface area (Å²) in [6.45, 7) is 3.00. The first-order chi connectivity index (χ1) is 13.9. The number of nitrogens with one attached hydrogen (secondary N) is 1. The van der Waals surface area contributed by atoms with Crippen LogP contribution in [0.2, 0.25) is 0 Å². The van der Waals surface area contributed by atoms with Gasteiger partial charge in [-0.3, -0.25) is 4.79 Å². The lowest BCUT2D eigenvalue weighted by atomic mass is 10.2. The third-order valence-corrected chi connectivity index (χ3v) is 6.69. The molecule has 1 aliphatic rings. The fraction of sp³-hybridized carbons (Fsp3) is 0.600. The van der Waals surface area contributed by atoms with Gasteiger partial charge in [0.05, 0.1) is 12.7 Å². The number of sulfonamides is 1. The molecule has 0 bridgehead atoms. The normalized spacial score (nSPS) is 15.4. The van der Waals surface area contributed by atoms with E-state index in [0.717, 1.165) is 38.5 Å². The van der Waals surface area contributed by atoms with Crippen LogP contribution in [0.15, 0.2) is 23.1 Å². The molecule has 2 rings (SSSR count). The van der Waals surface area contributed by atoms with Crippen molar-refractivity contribution in [1.29, 1.82) is 0 Å². The van der Waals surface area contributed by atoms with Gasteiger partial charge < -0.3 is 14.8 Å². The number of rotatable bonds is 9. The van der Waals surface area contributed by atoms with Crippen LogP contribution in [0.5, 0.6) is 5.75 Å². The van der Waals surface area contributed by atoms with Crippen molar-refractivity contribution in [3.63, 3.8) is 0 Å². The highest BCUT2D eigenvalue weighted by Gasteiger charge is 2.29. The van der Waals surface area contributed by atoms with Crippen molar-refractivity contribution in [2.24, 2.45) is 0 Å². The predicted octanol–water partition coefficient (Wildman–Crippen LogP) is 2.33. The van der Waals surface area contributed by atoms with E-state index in [-0.39, 0.29) is 16.2 Å². The molecule has 1 aliphatic heterocycles. The fourth-order valence-corrected chi connectivity index (χ4v) is 4.80. The lowest BCUT2D eigenvalue weighted by molar-refractivity contribution is -0.124. The molecule has 8 nitrogen and oxygen atoms in total. The molecule has 1 N–H and O–H groups in total. The van der Waals surface area contributed by atoms with E-state index < -0.39 is 28.5 Å². The molecule has 1 amide bonds. The molecule has 29 heavy (non-hydrogen) atoms. The molecule has 1 fully saturated rings.